The first-order chi connectivity index (χ1) is 8.61. The molecular weight excluding hydrogens is 226 g/mol. The van der Waals surface area contributed by atoms with Crippen LogP contribution in [0.1, 0.15) is 19.5 Å². The van der Waals surface area contributed by atoms with Crippen molar-refractivity contribution in [3.05, 3.63) is 24.0 Å². The number of nitrogens with zero attached hydrogens (tertiary/aromatic N) is 3. The predicted octanol–water partition coefficient (Wildman–Crippen LogP) is 0.896. The minimum Gasteiger partial charge on any atom is -0.382 e. The maximum atomic E-state index is 7.33. The molecule has 2 heterocycles. The van der Waals surface area contributed by atoms with E-state index in [-0.39, 0.29) is 5.84 Å². The molecule has 0 aliphatic carbocycles. The second-order valence-electron chi connectivity index (χ2n) is 4.74. The molecule has 1 atom stereocenters. The first-order valence-corrected chi connectivity index (χ1v) is 6.41. The fourth-order valence-electron chi connectivity index (χ4n) is 2.43. The lowest BCUT2D eigenvalue weighted by Crippen LogP contribution is -2.51. The number of aromatic nitrogens is 1. The van der Waals surface area contributed by atoms with E-state index in [9.17, 15) is 0 Å². The predicted molar refractivity (Wildman–Crippen MR) is 74.2 cm³/mol. The lowest BCUT2D eigenvalue weighted by molar-refractivity contribution is 0.199. The number of nitrogens with one attached hydrogen (secondary N) is 1. The summed E-state index contributed by atoms with van der Waals surface area (Å²) in [6.07, 6.45) is 1.81. The number of pyridine rings is 1. The molecular formula is C13H21N5. The summed E-state index contributed by atoms with van der Waals surface area (Å²) >= 11 is 0. The standard InChI is InChI=1S/C13H21N5/c1-3-17-6-7-18(9-10(17)2)11-4-5-12(13(14)15)16-8-11/h4-5,8,10H,3,6-7,9H2,1-2H3,(H3,14,15). The zero-order valence-electron chi connectivity index (χ0n) is 11.1. The van der Waals surface area contributed by atoms with Gasteiger partial charge in [-0.25, -0.2) is 0 Å². The van der Waals surface area contributed by atoms with Gasteiger partial charge in [-0.05, 0) is 25.6 Å². The molecule has 1 unspecified atom stereocenters. The summed E-state index contributed by atoms with van der Waals surface area (Å²) < 4.78 is 0. The van der Waals surface area contributed by atoms with Crippen molar-refractivity contribution >= 4 is 11.5 Å². The van der Waals surface area contributed by atoms with Crippen molar-refractivity contribution in [1.82, 2.24) is 9.88 Å². The van der Waals surface area contributed by atoms with Gasteiger partial charge in [0.05, 0.1) is 11.9 Å². The van der Waals surface area contributed by atoms with Crippen LogP contribution in [-0.2, 0) is 0 Å². The van der Waals surface area contributed by atoms with Crippen molar-refractivity contribution in [2.45, 2.75) is 19.9 Å². The maximum absolute atomic E-state index is 7.33. The number of rotatable bonds is 3. The molecule has 5 nitrogen and oxygen atoms in total. The number of likely N-dealkylation sites (N-methyl/N-ethyl adjacent to an activating group) is 1. The largest absolute Gasteiger partial charge is 0.382 e. The summed E-state index contributed by atoms with van der Waals surface area (Å²) in [5, 5.41) is 7.33. The molecule has 2 rings (SSSR count). The van der Waals surface area contributed by atoms with E-state index in [1.165, 1.54) is 0 Å². The van der Waals surface area contributed by atoms with Crippen LogP contribution >= 0.6 is 0 Å². The third-order valence-electron chi connectivity index (χ3n) is 3.56. The number of hydrogen-bond acceptors (Lipinski definition) is 4. The first kappa shape index (κ1) is 12.8. The lowest BCUT2D eigenvalue weighted by Gasteiger charge is -2.40. The summed E-state index contributed by atoms with van der Waals surface area (Å²) in [6, 6.07) is 4.38. The van der Waals surface area contributed by atoms with Crippen molar-refractivity contribution in [2.75, 3.05) is 31.1 Å². The highest BCUT2D eigenvalue weighted by molar-refractivity contribution is 5.93. The summed E-state index contributed by atoms with van der Waals surface area (Å²) in [5.41, 5.74) is 7.06. The molecule has 1 aromatic rings. The lowest BCUT2D eigenvalue weighted by atomic mass is 10.1. The molecule has 18 heavy (non-hydrogen) atoms. The van der Waals surface area contributed by atoms with E-state index in [2.05, 4.69) is 28.6 Å². The molecule has 1 fully saturated rings. The van der Waals surface area contributed by atoms with Crippen molar-refractivity contribution in [3.63, 3.8) is 0 Å². The van der Waals surface area contributed by atoms with E-state index >= 15 is 0 Å². The zero-order chi connectivity index (χ0) is 13.1. The van der Waals surface area contributed by atoms with Gasteiger partial charge in [-0.2, -0.15) is 0 Å². The number of amidine groups is 1. The zero-order valence-corrected chi connectivity index (χ0v) is 11.1. The van der Waals surface area contributed by atoms with Gasteiger partial charge in [-0.1, -0.05) is 6.92 Å². The van der Waals surface area contributed by atoms with Crippen LogP contribution in [0.4, 0.5) is 5.69 Å². The fourth-order valence-corrected chi connectivity index (χ4v) is 2.43. The molecule has 0 saturated carbocycles. The molecule has 3 N–H and O–H groups in total. The van der Waals surface area contributed by atoms with Gasteiger partial charge in [0.1, 0.15) is 11.5 Å². The van der Waals surface area contributed by atoms with Crippen LogP contribution in [0.5, 0.6) is 0 Å². The molecule has 1 saturated heterocycles. The molecule has 0 radical (unpaired) electrons. The third-order valence-corrected chi connectivity index (χ3v) is 3.56. The van der Waals surface area contributed by atoms with E-state index < -0.39 is 0 Å². The van der Waals surface area contributed by atoms with Gasteiger partial charge in [0.2, 0.25) is 0 Å². The van der Waals surface area contributed by atoms with Crippen molar-refractivity contribution in [2.24, 2.45) is 5.73 Å². The van der Waals surface area contributed by atoms with Crippen LogP contribution < -0.4 is 10.6 Å². The smallest absolute Gasteiger partial charge is 0.141 e. The second kappa shape index (κ2) is 5.35. The molecule has 5 heteroatoms. The molecule has 0 spiro atoms. The summed E-state index contributed by atoms with van der Waals surface area (Å²) in [4.78, 5) is 9.03. The summed E-state index contributed by atoms with van der Waals surface area (Å²) in [5.74, 6) is 0.0192. The highest BCUT2D eigenvalue weighted by Gasteiger charge is 2.22. The monoisotopic (exact) mass is 247 g/mol. The van der Waals surface area contributed by atoms with Gasteiger partial charge in [-0.15, -0.1) is 0 Å². The Bertz CT molecular complexity index is 414. The van der Waals surface area contributed by atoms with Crippen LogP contribution in [-0.4, -0.2) is 47.9 Å². The highest BCUT2D eigenvalue weighted by atomic mass is 15.3. The Morgan fingerprint density at radius 1 is 1.50 bits per heavy atom. The molecule has 1 aromatic heterocycles. The first-order valence-electron chi connectivity index (χ1n) is 6.41. The Morgan fingerprint density at radius 3 is 2.78 bits per heavy atom. The molecule has 0 amide bonds. The van der Waals surface area contributed by atoms with E-state index in [1.54, 1.807) is 0 Å². The summed E-state index contributed by atoms with van der Waals surface area (Å²) in [7, 11) is 0. The Labute approximate surface area is 108 Å². The van der Waals surface area contributed by atoms with Crippen LogP contribution in [0.2, 0.25) is 0 Å². The third kappa shape index (κ3) is 2.61. The highest BCUT2D eigenvalue weighted by Crippen LogP contribution is 2.18. The van der Waals surface area contributed by atoms with Crippen molar-refractivity contribution < 1.29 is 0 Å². The molecule has 0 bridgehead atoms. The Hall–Kier alpha value is -1.62. The Morgan fingerprint density at radius 2 is 2.28 bits per heavy atom. The quantitative estimate of drug-likeness (QED) is 0.615. The van der Waals surface area contributed by atoms with Gasteiger partial charge >= 0.3 is 0 Å². The van der Waals surface area contributed by atoms with Crippen LogP contribution in [0.25, 0.3) is 0 Å². The number of piperazine rings is 1. The SMILES string of the molecule is CCN1CCN(c2ccc(C(=N)N)nc2)CC1C. The summed E-state index contributed by atoms with van der Waals surface area (Å²) in [6.45, 7) is 8.71. The minimum absolute atomic E-state index is 0.0192. The Kier molecular flexibility index (Phi) is 3.81. The van der Waals surface area contributed by atoms with Crippen LogP contribution in [0, 0.1) is 5.41 Å². The normalized spacial score (nSPS) is 21.0. The van der Waals surface area contributed by atoms with Crippen LogP contribution in [0.15, 0.2) is 18.3 Å². The maximum Gasteiger partial charge on any atom is 0.141 e. The van der Waals surface area contributed by atoms with E-state index in [0.29, 0.717) is 11.7 Å². The number of nitrogens with two attached hydrogens (primary N) is 1. The molecule has 0 aromatic carbocycles. The molecule has 1 aliphatic heterocycles. The van der Waals surface area contributed by atoms with Gasteiger partial charge in [0.15, 0.2) is 0 Å². The van der Waals surface area contributed by atoms with Gasteiger partial charge in [-0.3, -0.25) is 15.3 Å². The average molecular weight is 247 g/mol. The van der Waals surface area contributed by atoms with Crippen LogP contribution in [0.3, 0.4) is 0 Å². The number of nitrogen functional groups attached to an aromatic ring is 1. The fraction of sp³-hybridized carbons (Fsp3) is 0.538. The molecule has 1 aliphatic rings. The topological polar surface area (TPSA) is 69.2 Å². The van der Waals surface area contributed by atoms with E-state index in [1.807, 2.05) is 18.3 Å². The number of hydrogen-bond donors (Lipinski definition) is 2. The minimum atomic E-state index is 0.0192. The Balaban J connectivity index is 2.06. The van der Waals surface area contributed by atoms with Gasteiger partial charge in [0.25, 0.3) is 0 Å². The van der Waals surface area contributed by atoms with Crippen molar-refractivity contribution in [1.29, 1.82) is 5.41 Å². The van der Waals surface area contributed by atoms with E-state index in [0.717, 1.165) is 31.9 Å². The van der Waals surface area contributed by atoms with E-state index in [4.69, 9.17) is 11.1 Å². The second-order valence-corrected chi connectivity index (χ2v) is 4.74. The van der Waals surface area contributed by atoms with Crippen molar-refractivity contribution in [3.8, 4) is 0 Å². The average Bonchev–Trinajstić information content (AvgIpc) is 2.38. The molecule has 98 valence electrons. The van der Waals surface area contributed by atoms with Gasteiger partial charge < -0.3 is 10.6 Å². The van der Waals surface area contributed by atoms with Gasteiger partial charge in [0, 0.05) is 25.7 Å². The number of anilines is 1.